The topological polar surface area (TPSA) is 75.8 Å². The second kappa shape index (κ2) is 6.59. The number of likely N-dealkylation sites (tertiary alicyclic amines) is 1. The molecular weight excluding hydrogens is 262 g/mol. The number of sulfone groups is 1. The lowest BCUT2D eigenvalue weighted by Gasteiger charge is -2.27. The van der Waals surface area contributed by atoms with Crippen molar-refractivity contribution in [2.75, 3.05) is 31.1 Å². The van der Waals surface area contributed by atoms with Gasteiger partial charge in [0.25, 0.3) is 0 Å². The molecule has 0 aromatic carbocycles. The number of aliphatic imine (C=N–C) groups is 1. The maximum absolute atomic E-state index is 11.9. The van der Waals surface area contributed by atoms with Crippen molar-refractivity contribution in [3.05, 3.63) is 0 Å². The maximum atomic E-state index is 11.9. The van der Waals surface area contributed by atoms with Crippen LogP contribution in [0, 0.1) is 5.92 Å². The molecule has 5 nitrogen and oxygen atoms in total. The van der Waals surface area contributed by atoms with E-state index in [0.29, 0.717) is 24.2 Å². The lowest BCUT2D eigenvalue weighted by Crippen LogP contribution is -2.41. The standard InChI is InChI=1S/C13H25N3O2S/c14-13(16-8-2-1-3-9-16)15-7-10-19(17,18)11-12-5-4-6-12/h12H,1-11H2,(H2,14,15). The maximum Gasteiger partial charge on any atom is 0.191 e. The van der Waals surface area contributed by atoms with Gasteiger partial charge in [-0.25, -0.2) is 8.42 Å². The number of hydrogen-bond donors (Lipinski definition) is 1. The molecule has 0 unspecified atom stereocenters. The number of piperidine rings is 1. The van der Waals surface area contributed by atoms with Crippen LogP contribution in [0.3, 0.4) is 0 Å². The van der Waals surface area contributed by atoms with Gasteiger partial charge in [0.05, 0.1) is 18.1 Å². The van der Waals surface area contributed by atoms with Gasteiger partial charge in [0.15, 0.2) is 15.8 Å². The van der Waals surface area contributed by atoms with Gasteiger partial charge in [-0.1, -0.05) is 6.42 Å². The SMILES string of the molecule is NC(=NCCS(=O)(=O)CC1CCC1)N1CCCCC1. The van der Waals surface area contributed by atoms with Crippen molar-refractivity contribution >= 4 is 15.8 Å². The fraction of sp³-hybridized carbons (Fsp3) is 0.923. The van der Waals surface area contributed by atoms with Crippen LogP contribution in [0.15, 0.2) is 4.99 Å². The van der Waals surface area contributed by atoms with Crippen molar-refractivity contribution in [2.24, 2.45) is 16.6 Å². The van der Waals surface area contributed by atoms with Crippen LogP contribution in [0.2, 0.25) is 0 Å². The molecule has 0 radical (unpaired) electrons. The molecule has 0 amide bonds. The number of nitrogens with zero attached hydrogens (tertiary/aromatic N) is 2. The van der Waals surface area contributed by atoms with Crippen molar-refractivity contribution in [3.63, 3.8) is 0 Å². The van der Waals surface area contributed by atoms with Gasteiger partial charge in [0, 0.05) is 13.1 Å². The first-order valence-electron chi connectivity index (χ1n) is 7.32. The van der Waals surface area contributed by atoms with Crippen molar-refractivity contribution < 1.29 is 8.42 Å². The van der Waals surface area contributed by atoms with E-state index in [1.54, 1.807) is 0 Å². The lowest BCUT2D eigenvalue weighted by molar-refractivity contribution is 0.338. The van der Waals surface area contributed by atoms with Crippen LogP contribution in [0.1, 0.15) is 38.5 Å². The molecule has 0 aromatic heterocycles. The number of hydrogen-bond acceptors (Lipinski definition) is 3. The molecule has 2 rings (SSSR count). The Balaban J connectivity index is 1.74. The Morgan fingerprint density at radius 3 is 2.42 bits per heavy atom. The molecule has 1 saturated carbocycles. The van der Waals surface area contributed by atoms with E-state index in [1.807, 2.05) is 0 Å². The summed E-state index contributed by atoms with van der Waals surface area (Å²) in [7, 11) is -2.95. The first-order chi connectivity index (χ1) is 9.07. The van der Waals surface area contributed by atoms with Crippen LogP contribution in [0.25, 0.3) is 0 Å². The van der Waals surface area contributed by atoms with Crippen LogP contribution in [0.4, 0.5) is 0 Å². The van der Waals surface area contributed by atoms with Crippen LogP contribution in [0.5, 0.6) is 0 Å². The zero-order valence-corrected chi connectivity index (χ0v) is 12.4. The first-order valence-corrected chi connectivity index (χ1v) is 9.14. The Kier molecular flexibility index (Phi) is 5.07. The van der Waals surface area contributed by atoms with Crippen LogP contribution in [-0.2, 0) is 9.84 Å². The average molecular weight is 287 g/mol. The third-order valence-corrected chi connectivity index (χ3v) is 5.85. The number of nitrogens with two attached hydrogens (primary N) is 1. The predicted molar refractivity (Wildman–Crippen MR) is 77.9 cm³/mol. The number of rotatable bonds is 5. The third kappa shape index (κ3) is 4.67. The van der Waals surface area contributed by atoms with E-state index in [-0.39, 0.29) is 5.75 Å². The largest absolute Gasteiger partial charge is 0.370 e. The molecule has 19 heavy (non-hydrogen) atoms. The van der Waals surface area contributed by atoms with E-state index in [1.165, 1.54) is 12.8 Å². The molecule has 2 N–H and O–H groups in total. The first kappa shape index (κ1) is 14.6. The summed E-state index contributed by atoms with van der Waals surface area (Å²) in [5, 5.41) is 0. The summed E-state index contributed by atoms with van der Waals surface area (Å²) in [5.41, 5.74) is 5.90. The van der Waals surface area contributed by atoms with E-state index in [4.69, 9.17) is 5.73 Å². The second-order valence-electron chi connectivity index (χ2n) is 5.70. The highest BCUT2D eigenvalue weighted by Crippen LogP contribution is 2.27. The quantitative estimate of drug-likeness (QED) is 0.604. The Bertz CT molecular complexity index is 410. The van der Waals surface area contributed by atoms with Crippen LogP contribution in [-0.4, -0.2) is 50.4 Å². The summed E-state index contributed by atoms with van der Waals surface area (Å²) in [6.07, 6.45) is 6.86. The fourth-order valence-electron chi connectivity index (χ4n) is 2.62. The fourth-order valence-corrected chi connectivity index (χ4v) is 4.21. The highest BCUT2D eigenvalue weighted by atomic mass is 32.2. The monoisotopic (exact) mass is 287 g/mol. The molecule has 0 bridgehead atoms. The Hall–Kier alpha value is -0.780. The zero-order valence-electron chi connectivity index (χ0n) is 11.6. The van der Waals surface area contributed by atoms with E-state index in [0.717, 1.165) is 38.8 Å². The van der Waals surface area contributed by atoms with Crippen LogP contribution >= 0.6 is 0 Å². The average Bonchev–Trinajstić information content (AvgIpc) is 2.35. The highest BCUT2D eigenvalue weighted by molar-refractivity contribution is 7.91. The van der Waals surface area contributed by atoms with Gasteiger partial charge < -0.3 is 10.6 Å². The van der Waals surface area contributed by atoms with E-state index >= 15 is 0 Å². The Morgan fingerprint density at radius 2 is 1.84 bits per heavy atom. The Labute approximate surface area is 116 Å². The molecule has 1 aliphatic heterocycles. The smallest absolute Gasteiger partial charge is 0.191 e. The summed E-state index contributed by atoms with van der Waals surface area (Å²) in [5.74, 6) is 1.39. The van der Waals surface area contributed by atoms with Gasteiger partial charge in [-0.05, 0) is 38.0 Å². The summed E-state index contributed by atoms with van der Waals surface area (Å²) < 4.78 is 23.7. The van der Waals surface area contributed by atoms with Crippen LogP contribution < -0.4 is 5.73 Å². The zero-order chi connectivity index (χ0) is 13.7. The highest BCUT2D eigenvalue weighted by Gasteiger charge is 2.24. The van der Waals surface area contributed by atoms with Gasteiger partial charge in [-0.2, -0.15) is 0 Å². The molecule has 2 fully saturated rings. The predicted octanol–water partition coefficient (Wildman–Crippen LogP) is 1.00. The molecule has 0 atom stereocenters. The van der Waals surface area contributed by atoms with Gasteiger partial charge in [0.2, 0.25) is 0 Å². The minimum absolute atomic E-state index is 0.137. The molecule has 6 heteroatoms. The van der Waals surface area contributed by atoms with E-state index in [2.05, 4.69) is 9.89 Å². The van der Waals surface area contributed by atoms with Crippen molar-refractivity contribution in [1.29, 1.82) is 0 Å². The molecular formula is C13H25N3O2S. The van der Waals surface area contributed by atoms with E-state index < -0.39 is 9.84 Å². The lowest BCUT2D eigenvalue weighted by atomic mass is 9.87. The Morgan fingerprint density at radius 1 is 1.16 bits per heavy atom. The van der Waals surface area contributed by atoms with Gasteiger partial charge in [-0.15, -0.1) is 0 Å². The van der Waals surface area contributed by atoms with Gasteiger partial charge in [-0.3, -0.25) is 4.99 Å². The van der Waals surface area contributed by atoms with Gasteiger partial charge >= 0.3 is 0 Å². The minimum atomic E-state index is -2.95. The van der Waals surface area contributed by atoms with Crippen molar-refractivity contribution in [2.45, 2.75) is 38.5 Å². The van der Waals surface area contributed by atoms with E-state index in [9.17, 15) is 8.42 Å². The molecule has 1 aliphatic carbocycles. The summed E-state index contributed by atoms with van der Waals surface area (Å²) >= 11 is 0. The molecule has 1 heterocycles. The van der Waals surface area contributed by atoms with Gasteiger partial charge in [0.1, 0.15) is 0 Å². The van der Waals surface area contributed by atoms with Crippen molar-refractivity contribution in [1.82, 2.24) is 4.90 Å². The minimum Gasteiger partial charge on any atom is -0.370 e. The second-order valence-corrected chi connectivity index (χ2v) is 7.93. The molecule has 2 aliphatic rings. The molecule has 0 aromatic rings. The molecule has 0 spiro atoms. The molecule has 1 saturated heterocycles. The molecule has 110 valence electrons. The summed E-state index contributed by atoms with van der Waals surface area (Å²) in [6, 6.07) is 0. The normalized spacial score (nSPS) is 22.3. The number of guanidine groups is 1. The third-order valence-electron chi connectivity index (χ3n) is 4.07. The van der Waals surface area contributed by atoms with Crippen molar-refractivity contribution in [3.8, 4) is 0 Å². The summed E-state index contributed by atoms with van der Waals surface area (Å²) in [6.45, 7) is 2.20. The summed E-state index contributed by atoms with van der Waals surface area (Å²) in [4.78, 5) is 6.28.